The van der Waals surface area contributed by atoms with Crippen molar-refractivity contribution in [1.29, 1.82) is 0 Å². The van der Waals surface area contributed by atoms with E-state index in [1.165, 1.54) is 6.07 Å². The average molecular weight is 146 g/mol. The van der Waals surface area contributed by atoms with Gasteiger partial charge in [-0.15, -0.1) is 0 Å². The van der Waals surface area contributed by atoms with Gasteiger partial charge in [-0.3, -0.25) is 4.79 Å². The predicted molar refractivity (Wildman–Crippen MR) is 47.4 cm³/mol. The molecule has 0 radical (unpaired) electrons. The number of hydrogen-bond acceptors (Lipinski definition) is 1. The summed E-state index contributed by atoms with van der Waals surface area (Å²) in [4.78, 5) is 10.8. The van der Waals surface area contributed by atoms with Crippen molar-refractivity contribution in [2.45, 2.75) is 6.92 Å². The van der Waals surface area contributed by atoms with E-state index in [0.717, 1.165) is 11.1 Å². The zero-order chi connectivity index (χ0) is 8.27. The van der Waals surface area contributed by atoms with Gasteiger partial charge in [0, 0.05) is 0 Å². The Morgan fingerprint density at radius 3 is 2.64 bits per heavy atom. The normalized spacial score (nSPS) is 9.18. The molecule has 0 fully saturated rings. The largest absolute Gasteiger partial charge is 0.290 e. The van der Waals surface area contributed by atoms with Crippen LogP contribution < -0.4 is 5.43 Å². The van der Waals surface area contributed by atoms with E-state index in [1.807, 2.05) is 13.0 Å². The van der Waals surface area contributed by atoms with Crippen molar-refractivity contribution >= 4 is 5.57 Å². The van der Waals surface area contributed by atoms with Gasteiger partial charge < -0.3 is 0 Å². The van der Waals surface area contributed by atoms with Gasteiger partial charge >= 0.3 is 0 Å². The maximum Gasteiger partial charge on any atom is 0.178 e. The van der Waals surface area contributed by atoms with Crippen molar-refractivity contribution < 1.29 is 0 Å². The van der Waals surface area contributed by atoms with Gasteiger partial charge in [0.25, 0.3) is 0 Å². The number of allylic oxidation sites excluding steroid dienone is 1. The minimum atomic E-state index is 0.0255. The Bertz CT molecular complexity index is 326. The van der Waals surface area contributed by atoms with E-state index in [1.54, 1.807) is 18.2 Å². The molecular formula is C10H10O. The molecule has 0 bridgehead atoms. The fraction of sp³-hybridized carbons (Fsp3) is 0.100. The molecule has 0 aliphatic heterocycles. The van der Waals surface area contributed by atoms with Crippen LogP contribution >= 0.6 is 0 Å². The van der Waals surface area contributed by atoms with Crippen molar-refractivity contribution in [3.8, 4) is 0 Å². The molecule has 0 unspecified atom stereocenters. The smallest absolute Gasteiger partial charge is 0.178 e. The molecule has 1 heteroatoms. The SMILES string of the molecule is C=C(C)c1cccc(=O)cc1. The van der Waals surface area contributed by atoms with Crippen LogP contribution in [0.25, 0.3) is 5.57 Å². The fourth-order valence-electron chi connectivity index (χ4n) is 0.814. The van der Waals surface area contributed by atoms with Crippen molar-refractivity contribution in [3.05, 3.63) is 52.7 Å². The Labute approximate surface area is 66.0 Å². The predicted octanol–water partition coefficient (Wildman–Crippen LogP) is 2.08. The van der Waals surface area contributed by atoms with Crippen LogP contribution in [0.5, 0.6) is 0 Å². The highest BCUT2D eigenvalue weighted by Gasteiger charge is 1.87. The number of rotatable bonds is 1. The van der Waals surface area contributed by atoms with Crippen molar-refractivity contribution in [3.63, 3.8) is 0 Å². The first-order valence-corrected chi connectivity index (χ1v) is 3.46. The van der Waals surface area contributed by atoms with Crippen LogP contribution in [0, 0.1) is 0 Å². The molecule has 1 aromatic carbocycles. The molecule has 0 aliphatic carbocycles. The standard InChI is InChI=1S/C10H10O/c1-8(2)9-4-3-5-10(11)7-6-9/h3-7H,1H2,2H3. The summed E-state index contributed by atoms with van der Waals surface area (Å²) in [6.45, 7) is 5.70. The first kappa shape index (κ1) is 7.73. The molecule has 11 heavy (non-hydrogen) atoms. The van der Waals surface area contributed by atoms with Gasteiger partial charge in [0.2, 0.25) is 0 Å². The van der Waals surface area contributed by atoms with Gasteiger partial charge in [0.15, 0.2) is 5.43 Å². The lowest BCUT2D eigenvalue weighted by atomic mass is 10.1. The third-order valence-electron chi connectivity index (χ3n) is 1.46. The summed E-state index contributed by atoms with van der Waals surface area (Å²) in [6.07, 6.45) is 0. The lowest BCUT2D eigenvalue weighted by Gasteiger charge is -1.91. The van der Waals surface area contributed by atoms with E-state index in [9.17, 15) is 4.79 Å². The molecule has 1 nitrogen and oxygen atoms in total. The second kappa shape index (κ2) is 3.15. The summed E-state index contributed by atoms with van der Waals surface area (Å²) in [5.74, 6) is 0. The monoisotopic (exact) mass is 146 g/mol. The van der Waals surface area contributed by atoms with Crippen LogP contribution in [-0.4, -0.2) is 0 Å². The van der Waals surface area contributed by atoms with E-state index in [2.05, 4.69) is 6.58 Å². The molecule has 1 aromatic rings. The Hall–Kier alpha value is -1.37. The highest BCUT2D eigenvalue weighted by Crippen LogP contribution is 2.06. The van der Waals surface area contributed by atoms with Crippen LogP contribution in [0.4, 0.5) is 0 Å². The molecule has 0 aliphatic rings. The second-order valence-corrected chi connectivity index (χ2v) is 2.50. The molecular weight excluding hydrogens is 136 g/mol. The molecule has 1 rings (SSSR count). The Morgan fingerprint density at radius 1 is 1.27 bits per heavy atom. The van der Waals surface area contributed by atoms with Crippen LogP contribution in [0.2, 0.25) is 0 Å². The van der Waals surface area contributed by atoms with Gasteiger partial charge in [-0.25, -0.2) is 0 Å². The minimum absolute atomic E-state index is 0.0255. The molecule has 0 heterocycles. The molecule has 56 valence electrons. The third kappa shape index (κ3) is 2.04. The zero-order valence-corrected chi connectivity index (χ0v) is 6.50. The van der Waals surface area contributed by atoms with E-state index < -0.39 is 0 Å². The summed E-state index contributed by atoms with van der Waals surface area (Å²) >= 11 is 0. The molecule has 0 saturated carbocycles. The number of hydrogen-bond donors (Lipinski definition) is 0. The topological polar surface area (TPSA) is 17.1 Å². The lowest BCUT2D eigenvalue weighted by Crippen LogP contribution is -1.87. The van der Waals surface area contributed by atoms with Crippen molar-refractivity contribution in [1.82, 2.24) is 0 Å². The van der Waals surface area contributed by atoms with Crippen LogP contribution in [0.3, 0.4) is 0 Å². The van der Waals surface area contributed by atoms with E-state index >= 15 is 0 Å². The molecule has 0 atom stereocenters. The van der Waals surface area contributed by atoms with Crippen LogP contribution in [-0.2, 0) is 0 Å². The van der Waals surface area contributed by atoms with Gasteiger partial charge in [0.1, 0.15) is 0 Å². The van der Waals surface area contributed by atoms with Gasteiger partial charge in [0.05, 0.1) is 0 Å². The summed E-state index contributed by atoms with van der Waals surface area (Å²) in [5, 5.41) is 0. The summed E-state index contributed by atoms with van der Waals surface area (Å²) in [5.41, 5.74) is 2.00. The van der Waals surface area contributed by atoms with E-state index in [0.29, 0.717) is 0 Å². The third-order valence-corrected chi connectivity index (χ3v) is 1.46. The van der Waals surface area contributed by atoms with Crippen LogP contribution in [0.15, 0.2) is 41.7 Å². The van der Waals surface area contributed by atoms with E-state index in [-0.39, 0.29) is 5.43 Å². The molecule has 0 N–H and O–H groups in total. The van der Waals surface area contributed by atoms with Gasteiger partial charge in [-0.2, -0.15) is 0 Å². The van der Waals surface area contributed by atoms with Crippen LogP contribution in [0.1, 0.15) is 12.5 Å². The van der Waals surface area contributed by atoms with Crippen molar-refractivity contribution in [2.75, 3.05) is 0 Å². The fourth-order valence-corrected chi connectivity index (χ4v) is 0.814. The van der Waals surface area contributed by atoms with Gasteiger partial charge in [-0.05, 0) is 24.6 Å². The molecule has 0 saturated heterocycles. The minimum Gasteiger partial charge on any atom is -0.290 e. The maximum absolute atomic E-state index is 10.8. The first-order chi connectivity index (χ1) is 5.20. The Kier molecular flexibility index (Phi) is 2.21. The van der Waals surface area contributed by atoms with E-state index in [4.69, 9.17) is 0 Å². The summed E-state index contributed by atoms with van der Waals surface area (Å²) < 4.78 is 0. The maximum atomic E-state index is 10.8. The molecule has 0 amide bonds. The molecule has 0 aromatic heterocycles. The zero-order valence-electron chi connectivity index (χ0n) is 6.50. The lowest BCUT2D eigenvalue weighted by molar-refractivity contribution is 1.63. The highest BCUT2D eigenvalue weighted by atomic mass is 16.1. The second-order valence-electron chi connectivity index (χ2n) is 2.50. The summed E-state index contributed by atoms with van der Waals surface area (Å²) in [6, 6.07) is 8.48. The quantitative estimate of drug-likeness (QED) is 0.592. The van der Waals surface area contributed by atoms with Gasteiger partial charge in [-0.1, -0.05) is 30.4 Å². The average Bonchev–Trinajstić information content (AvgIpc) is 2.13. The van der Waals surface area contributed by atoms with Crippen molar-refractivity contribution in [2.24, 2.45) is 0 Å². The highest BCUT2D eigenvalue weighted by molar-refractivity contribution is 5.60. The summed E-state index contributed by atoms with van der Waals surface area (Å²) in [7, 11) is 0. The Morgan fingerprint density at radius 2 is 2.00 bits per heavy atom. The first-order valence-electron chi connectivity index (χ1n) is 3.46. The molecule has 0 spiro atoms. The Balaban J connectivity index is 3.26.